The van der Waals surface area contributed by atoms with Crippen molar-refractivity contribution in [3.8, 4) is 0 Å². The molecule has 4 N–H and O–H groups in total. The van der Waals surface area contributed by atoms with Crippen LogP contribution in [-0.2, 0) is 16.1 Å². The van der Waals surface area contributed by atoms with E-state index >= 15 is 0 Å². The summed E-state index contributed by atoms with van der Waals surface area (Å²) in [5, 5.41) is 19.6. The van der Waals surface area contributed by atoms with E-state index in [1.54, 1.807) is 0 Å². The lowest BCUT2D eigenvalue weighted by molar-refractivity contribution is -0.116. The Morgan fingerprint density at radius 3 is 2.77 bits per heavy atom. The van der Waals surface area contributed by atoms with Gasteiger partial charge in [-0.05, 0) is 24.1 Å². The topological polar surface area (TPSA) is 95.0 Å². The molecule has 0 spiro atoms. The molecule has 0 bridgehead atoms. The fourth-order valence-electron chi connectivity index (χ4n) is 3.38. The van der Waals surface area contributed by atoms with Crippen molar-refractivity contribution < 1.29 is 14.6 Å². The Labute approximate surface area is 177 Å². The van der Waals surface area contributed by atoms with Crippen LogP contribution in [0.15, 0.2) is 59.6 Å². The summed E-state index contributed by atoms with van der Waals surface area (Å²) in [5.74, 6) is 0.703. The van der Waals surface area contributed by atoms with E-state index in [2.05, 4.69) is 20.9 Å². The molecule has 30 heavy (non-hydrogen) atoms. The standard InChI is InChI=1S/C23H30N4O3/c1-2-24-23(26-14-19(28)16-30-15-17-8-4-3-5-9-17)25-13-18-12-22(29)27-21-11-7-6-10-20(18)21/h3-11,18-19,28H,2,12-16H2,1H3,(H,27,29)(H2,24,25,26). The average Bonchev–Trinajstić information content (AvgIpc) is 2.76. The van der Waals surface area contributed by atoms with Gasteiger partial charge in [0.1, 0.15) is 0 Å². The molecule has 0 saturated carbocycles. The number of benzene rings is 2. The zero-order valence-corrected chi connectivity index (χ0v) is 17.3. The summed E-state index contributed by atoms with van der Waals surface area (Å²) in [6.07, 6.45) is -0.260. The van der Waals surface area contributed by atoms with Crippen LogP contribution in [0.2, 0.25) is 0 Å². The highest BCUT2D eigenvalue weighted by Crippen LogP contribution is 2.31. The van der Waals surface area contributed by atoms with Crippen LogP contribution in [0.3, 0.4) is 0 Å². The SMILES string of the molecule is CCNC(=NCC(O)COCc1ccccc1)NCC1CC(=O)Nc2ccccc21. The smallest absolute Gasteiger partial charge is 0.225 e. The maximum atomic E-state index is 12.0. The molecule has 0 saturated heterocycles. The third-order valence-corrected chi connectivity index (χ3v) is 4.85. The van der Waals surface area contributed by atoms with Gasteiger partial charge in [0.05, 0.1) is 25.9 Å². The number of amides is 1. The zero-order valence-electron chi connectivity index (χ0n) is 17.3. The molecule has 1 aliphatic heterocycles. The summed E-state index contributed by atoms with van der Waals surface area (Å²) in [5.41, 5.74) is 3.06. The van der Waals surface area contributed by atoms with Crippen LogP contribution in [0.5, 0.6) is 0 Å². The number of aliphatic hydroxyl groups is 1. The van der Waals surface area contributed by atoms with Crippen molar-refractivity contribution in [1.29, 1.82) is 0 Å². The fourth-order valence-corrected chi connectivity index (χ4v) is 3.38. The minimum Gasteiger partial charge on any atom is -0.389 e. The third-order valence-electron chi connectivity index (χ3n) is 4.85. The molecule has 1 amide bonds. The number of para-hydroxylation sites is 1. The molecule has 2 aromatic rings. The van der Waals surface area contributed by atoms with Crippen LogP contribution in [0.4, 0.5) is 5.69 Å². The van der Waals surface area contributed by atoms with Crippen LogP contribution in [0, 0.1) is 0 Å². The Hall–Kier alpha value is -2.90. The van der Waals surface area contributed by atoms with Gasteiger partial charge in [0.2, 0.25) is 5.91 Å². The van der Waals surface area contributed by atoms with Crippen LogP contribution < -0.4 is 16.0 Å². The number of nitrogens with zero attached hydrogens (tertiary/aromatic N) is 1. The number of hydrogen-bond donors (Lipinski definition) is 4. The Bertz CT molecular complexity index is 841. The summed E-state index contributed by atoms with van der Waals surface area (Å²) in [7, 11) is 0. The van der Waals surface area contributed by atoms with E-state index < -0.39 is 6.10 Å². The zero-order chi connectivity index (χ0) is 21.2. The first-order chi connectivity index (χ1) is 14.7. The van der Waals surface area contributed by atoms with E-state index in [-0.39, 0.29) is 25.0 Å². The number of guanidine groups is 1. The van der Waals surface area contributed by atoms with Gasteiger partial charge in [0.25, 0.3) is 0 Å². The van der Waals surface area contributed by atoms with Gasteiger partial charge >= 0.3 is 0 Å². The number of hydrogen-bond acceptors (Lipinski definition) is 4. The number of nitrogens with one attached hydrogen (secondary N) is 3. The van der Waals surface area contributed by atoms with Gasteiger partial charge in [-0.3, -0.25) is 9.79 Å². The predicted molar refractivity (Wildman–Crippen MR) is 119 cm³/mol. The lowest BCUT2D eigenvalue weighted by Gasteiger charge is -2.26. The van der Waals surface area contributed by atoms with Gasteiger partial charge in [-0.1, -0.05) is 48.5 Å². The van der Waals surface area contributed by atoms with E-state index in [1.165, 1.54) is 0 Å². The maximum Gasteiger partial charge on any atom is 0.225 e. The van der Waals surface area contributed by atoms with Gasteiger partial charge < -0.3 is 25.8 Å². The van der Waals surface area contributed by atoms with Gasteiger partial charge in [-0.2, -0.15) is 0 Å². The first-order valence-corrected chi connectivity index (χ1v) is 10.4. The molecule has 1 heterocycles. The summed E-state index contributed by atoms with van der Waals surface area (Å²) < 4.78 is 5.58. The highest BCUT2D eigenvalue weighted by molar-refractivity contribution is 5.94. The Balaban J connectivity index is 1.49. The van der Waals surface area contributed by atoms with E-state index in [9.17, 15) is 9.90 Å². The monoisotopic (exact) mass is 410 g/mol. The van der Waals surface area contributed by atoms with E-state index in [4.69, 9.17) is 4.74 Å². The molecule has 1 aliphatic rings. The van der Waals surface area contributed by atoms with Crippen molar-refractivity contribution in [3.05, 3.63) is 65.7 Å². The molecule has 7 nitrogen and oxygen atoms in total. The van der Waals surface area contributed by atoms with Crippen LogP contribution in [0.1, 0.15) is 30.4 Å². The first kappa shape index (κ1) is 21.8. The third kappa shape index (κ3) is 6.57. The number of ether oxygens (including phenoxy) is 1. The lowest BCUT2D eigenvalue weighted by Crippen LogP contribution is -2.41. The van der Waals surface area contributed by atoms with Gasteiger partial charge in [0, 0.05) is 31.1 Å². The van der Waals surface area contributed by atoms with Crippen molar-refractivity contribution in [3.63, 3.8) is 0 Å². The normalized spacial score (nSPS) is 17.1. The first-order valence-electron chi connectivity index (χ1n) is 10.4. The molecule has 7 heteroatoms. The number of aliphatic hydroxyl groups excluding tert-OH is 1. The summed E-state index contributed by atoms with van der Waals surface area (Å²) >= 11 is 0. The Kier molecular flexibility index (Phi) is 8.23. The van der Waals surface area contributed by atoms with Crippen molar-refractivity contribution in [2.75, 3.05) is 31.6 Å². The van der Waals surface area contributed by atoms with E-state index in [0.29, 0.717) is 32.1 Å². The molecule has 2 unspecified atom stereocenters. The van der Waals surface area contributed by atoms with Crippen molar-refractivity contribution in [2.45, 2.75) is 32.0 Å². The molecule has 0 radical (unpaired) electrons. The maximum absolute atomic E-state index is 12.0. The van der Waals surface area contributed by atoms with Crippen LogP contribution in [0.25, 0.3) is 0 Å². The highest BCUT2D eigenvalue weighted by atomic mass is 16.5. The minimum absolute atomic E-state index is 0.0217. The molecule has 2 aromatic carbocycles. The molecular weight excluding hydrogens is 380 g/mol. The Morgan fingerprint density at radius 1 is 1.20 bits per heavy atom. The second-order valence-electron chi connectivity index (χ2n) is 7.29. The van der Waals surface area contributed by atoms with E-state index in [0.717, 1.165) is 16.8 Å². The Morgan fingerprint density at radius 2 is 1.97 bits per heavy atom. The van der Waals surface area contributed by atoms with E-state index in [1.807, 2.05) is 61.5 Å². The summed E-state index contributed by atoms with van der Waals surface area (Å²) in [4.78, 5) is 16.5. The number of fused-ring (bicyclic) bond motifs is 1. The number of anilines is 1. The van der Waals surface area contributed by atoms with Crippen molar-refractivity contribution >= 4 is 17.6 Å². The summed E-state index contributed by atoms with van der Waals surface area (Å²) in [6, 6.07) is 17.7. The lowest BCUT2D eigenvalue weighted by atomic mass is 9.90. The molecule has 160 valence electrons. The number of carbonyl (C=O) groups excluding carboxylic acids is 1. The van der Waals surface area contributed by atoms with Gasteiger partial charge in [-0.15, -0.1) is 0 Å². The van der Waals surface area contributed by atoms with Crippen molar-refractivity contribution in [2.24, 2.45) is 4.99 Å². The fraction of sp³-hybridized carbons (Fsp3) is 0.391. The second-order valence-corrected chi connectivity index (χ2v) is 7.29. The molecule has 0 aromatic heterocycles. The minimum atomic E-state index is -0.689. The van der Waals surface area contributed by atoms with Crippen LogP contribution >= 0.6 is 0 Å². The van der Waals surface area contributed by atoms with Crippen LogP contribution in [-0.4, -0.2) is 49.3 Å². The quantitative estimate of drug-likeness (QED) is 0.376. The number of aliphatic imine (C=N–C) groups is 1. The predicted octanol–water partition coefficient (Wildman–Crippen LogP) is 2.25. The molecule has 3 rings (SSSR count). The molecule has 0 aliphatic carbocycles. The average molecular weight is 411 g/mol. The van der Waals surface area contributed by atoms with Gasteiger partial charge in [0.15, 0.2) is 5.96 Å². The molecule has 2 atom stereocenters. The molecular formula is C23H30N4O3. The molecule has 0 fully saturated rings. The summed E-state index contributed by atoms with van der Waals surface area (Å²) in [6.45, 7) is 4.17. The van der Waals surface area contributed by atoms with Gasteiger partial charge in [-0.25, -0.2) is 0 Å². The largest absolute Gasteiger partial charge is 0.389 e. The van der Waals surface area contributed by atoms with Crippen molar-refractivity contribution in [1.82, 2.24) is 10.6 Å². The number of carbonyl (C=O) groups is 1. The number of rotatable bonds is 9. The second kappa shape index (κ2) is 11.3. The highest BCUT2D eigenvalue weighted by Gasteiger charge is 2.24.